The fraction of sp³-hybridized carbons (Fsp3) is 0.143. The Morgan fingerprint density at radius 1 is 1.21 bits per heavy atom. The van der Waals surface area contributed by atoms with Crippen LogP contribution in [-0.4, -0.2) is 29.3 Å². The number of aromatic carboxylic acids is 1. The Morgan fingerprint density at radius 3 is 2.59 bits per heavy atom. The average Bonchev–Trinajstić information content (AvgIpc) is 3.27. The predicted octanol–water partition coefficient (Wildman–Crippen LogP) is 4.94. The molecule has 0 radical (unpaired) electrons. The molecule has 0 aliphatic heterocycles. The lowest BCUT2D eigenvalue weighted by Gasteiger charge is -2.10. The third-order valence-electron chi connectivity index (χ3n) is 4.35. The normalized spacial score (nSPS) is 11.4. The van der Waals surface area contributed by atoms with Gasteiger partial charge in [0.05, 0.1) is 23.8 Å². The van der Waals surface area contributed by atoms with Crippen molar-refractivity contribution in [3.63, 3.8) is 0 Å². The molecule has 1 aromatic heterocycles. The number of hydrazone groups is 1. The van der Waals surface area contributed by atoms with E-state index in [1.165, 1.54) is 31.5 Å². The number of nitrogens with one attached hydrogen (secondary N) is 1. The molecule has 0 aliphatic rings. The smallest absolute Gasteiger partial charge is 0.416 e. The van der Waals surface area contributed by atoms with E-state index >= 15 is 0 Å². The van der Waals surface area contributed by atoms with Gasteiger partial charge in [-0.25, -0.2) is 4.79 Å². The van der Waals surface area contributed by atoms with Crippen LogP contribution in [0.5, 0.6) is 11.5 Å². The van der Waals surface area contributed by atoms with Crippen molar-refractivity contribution in [1.29, 1.82) is 0 Å². The maximum absolute atomic E-state index is 12.8. The molecule has 3 rings (SSSR count). The number of benzene rings is 2. The van der Waals surface area contributed by atoms with Crippen LogP contribution in [0.4, 0.5) is 24.5 Å². The van der Waals surface area contributed by atoms with Gasteiger partial charge in [0.15, 0.2) is 11.5 Å². The highest BCUT2D eigenvalue weighted by Crippen LogP contribution is 2.35. The van der Waals surface area contributed by atoms with Gasteiger partial charge in [0, 0.05) is 6.07 Å². The molecule has 3 aromatic rings. The fourth-order valence-corrected chi connectivity index (χ4v) is 2.73. The highest BCUT2D eigenvalue weighted by atomic mass is 19.4. The lowest BCUT2D eigenvalue weighted by molar-refractivity contribution is -0.384. The van der Waals surface area contributed by atoms with Gasteiger partial charge in [-0.05, 0) is 48.0 Å². The van der Waals surface area contributed by atoms with E-state index in [1.54, 1.807) is 12.1 Å². The highest BCUT2D eigenvalue weighted by molar-refractivity contribution is 5.84. The summed E-state index contributed by atoms with van der Waals surface area (Å²) in [5.41, 5.74) is 0.691. The number of hydrogen-bond acceptors (Lipinski definition) is 8. The minimum absolute atomic E-state index is 0.0593. The van der Waals surface area contributed by atoms with Gasteiger partial charge in [-0.2, -0.15) is 18.3 Å². The van der Waals surface area contributed by atoms with E-state index in [0.717, 1.165) is 6.07 Å². The van der Waals surface area contributed by atoms with Crippen molar-refractivity contribution in [3.8, 4) is 11.5 Å². The number of methoxy groups -OCH3 is 1. The number of hydrogen-bond donors (Lipinski definition) is 2. The van der Waals surface area contributed by atoms with E-state index < -0.39 is 28.3 Å². The molecule has 2 N–H and O–H groups in total. The number of nitrogens with zero attached hydrogens (tertiary/aromatic N) is 2. The number of halogens is 3. The summed E-state index contributed by atoms with van der Waals surface area (Å²) in [4.78, 5) is 21.0. The van der Waals surface area contributed by atoms with Crippen LogP contribution >= 0.6 is 0 Å². The summed E-state index contributed by atoms with van der Waals surface area (Å²) in [6, 6.07) is 9.46. The zero-order valence-electron chi connectivity index (χ0n) is 17.3. The van der Waals surface area contributed by atoms with E-state index in [2.05, 4.69) is 10.5 Å². The van der Waals surface area contributed by atoms with Crippen molar-refractivity contribution in [2.24, 2.45) is 5.10 Å². The molecule has 178 valence electrons. The SMILES string of the molecule is COc1cc(/C=N\Nc2ccc(C(F)(F)F)cc2[N+](=O)[O-])ccc1OCc1ccc(C(=O)O)o1. The molecule has 34 heavy (non-hydrogen) atoms. The maximum atomic E-state index is 12.8. The number of carboxylic acid groups (broad SMARTS) is 1. The van der Waals surface area contributed by atoms with Gasteiger partial charge in [-0.1, -0.05) is 0 Å². The van der Waals surface area contributed by atoms with Crippen LogP contribution in [0.25, 0.3) is 0 Å². The maximum Gasteiger partial charge on any atom is 0.416 e. The molecule has 0 spiro atoms. The second-order valence-electron chi connectivity index (χ2n) is 6.63. The summed E-state index contributed by atoms with van der Waals surface area (Å²) < 4.78 is 54.3. The molecule has 0 unspecified atom stereocenters. The average molecular weight is 479 g/mol. The Morgan fingerprint density at radius 2 is 1.97 bits per heavy atom. The first kappa shape index (κ1) is 24.1. The molecular weight excluding hydrogens is 463 g/mol. The van der Waals surface area contributed by atoms with E-state index in [9.17, 15) is 28.1 Å². The molecule has 0 atom stereocenters. The first-order valence-electron chi connectivity index (χ1n) is 9.36. The Hall–Kier alpha value is -4.55. The summed E-state index contributed by atoms with van der Waals surface area (Å²) in [6.45, 7) is -0.0593. The van der Waals surface area contributed by atoms with Crippen LogP contribution in [0.2, 0.25) is 0 Å². The van der Waals surface area contributed by atoms with Crippen molar-refractivity contribution in [1.82, 2.24) is 0 Å². The van der Waals surface area contributed by atoms with Gasteiger partial charge in [-0.3, -0.25) is 15.5 Å². The second kappa shape index (κ2) is 9.94. The number of nitro groups is 1. The predicted molar refractivity (Wildman–Crippen MR) is 112 cm³/mol. The quantitative estimate of drug-likeness (QED) is 0.250. The summed E-state index contributed by atoms with van der Waals surface area (Å²) in [6.07, 6.45) is -3.44. The zero-order valence-corrected chi connectivity index (χ0v) is 17.3. The Kier molecular flexibility index (Phi) is 7.04. The largest absolute Gasteiger partial charge is 0.493 e. The third-order valence-corrected chi connectivity index (χ3v) is 4.35. The number of carboxylic acids is 1. The minimum Gasteiger partial charge on any atom is -0.493 e. The van der Waals surface area contributed by atoms with Crippen LogP contribution < -0.4 is 14.9 Å². The summed E-state index contributed by atoms with van der Waals surface area (Å²) in [5, 5.41) is 23.8. The van der Waals surface area contributed by atoms with Gasteiger partial charge in [-0.15, -0.1) is 0 Å². The van der Waals surface area contributed by atoms with E-state index in [4.69, 9.17) is 19.0 Å². The van der Waals surface area contributed by atoms with Crippen LogP contribution in [0.3, 0.4) is 0 Å². The van der Waals surface area contributed by atoms with Gasteiger partial charge < -0.3 is 19.0 Å². The molecule has 2 aromatic carbocycles. The Labute approximate surface area is 189 Å². The molecule has 0 saturated carbocycles. The molecule has 0 saturated heterocycles. The molecule has 1 heterocycles. The number of furan rings is 1. The minimum atomic E-state index is -4.72. The summed E-state index contributed by atoms with van der Waals surface area (Å²) in [7, 11) is 1.39. The van der Waals surface area contributed by atoms with Crippen LogP contribution in [0, 0.1) is 10.1 Å². The molecule has 0 aliphatic carbocycles. The van der Waals surface area contributed by atoms with Crippen LogP contribution in [0.15, 0.2) is 58.0 Å². The summed E-state index contributed by atoms with van der Waals surface area (Å²) >= 11 is 0. The highest BCUT2D eigenvalue weighted by Gasteiger charge is 2.33. The van der Waals surface area contributed by atoms with Gasteiger partial charge in [0.1, 0.15) is 18.1 Å². The van der Waals surface area contributed by atoms with Crippen LogP contribution in [-0.2, 0) is 12.8 Å². The van der Waals surface area contributed by atoms with Crippen molar-refractivity contribution in [2.45, 2.75) is 12.8 Å². The molecule has 10 nitrogen and oxygen atoms in total. The topological polar surface area (TPSA) is 136 Å². The number of alkyl halides is 3. The molecule has 13 heteroatoms. The van der Waals surface area contributed by atoms with Crippen molar-refractivity contribution >= 4 is 23.6 Å². The fourth-order valence-electron chi connectivity index (χ4n) is 2.73. The first-order chi connectivity index (χ1) is 16.1. The molecule has 0 amide bonds. The van der Waals surface area contributed by atoms with Crippen molar-refractivity contribution in [2.75, 3.05) is 12.5 Å². The number of ether oxygens (including phenoxy) is 2. The summed E-state index contributed by atoms with van der Waals surface area (Å²) in [5.74, 6) is -0.526. The monoisotopic (exact) mass is 479 g/mol. The number of nitro benzene ring substituents is 1. The number of rotatable bonds is 9. The molecule has 0 bridgehead atoms. The van der Waals surface area contributed by atoms with Crippen molar-refractivity contribution in [3.05, 3.63) is 81.3 Å². The second-order valence-corrected chi connectivity index (χ2v) is 6.63. The van der Waals surface area contributed by atoms with Crippen molar-refractivity contribution < 1.29 is 41.9 Å². The first-order valence-corrected chi connectivity index (χ1v) is 9.36. The molecular formula is C21H16F3N3O7. The van der Waals surface area contributed by atoms with E-state index in [0.29, 0.717) is 29.2 Å². The van der Waals surface area contributed by atoms with Gasteiger partial charge >= 0.3 is 12.1 Å². The van der Waals surface area contributed by atoms with E-state index in [-0.39, 0.29) is 23.8 Å². The van der Waals surface area contributed by atoms with Gasteiger partial charge in [0.2, 0.25) is 5.76 Å². The Bertz CT molecular complexity index is 1240. The van der Waals surface area contributed by atoms with Crippen LogP contribution in [0.1, 0.15) is 27.4 Å². The lowest BCUT2D eigenvalue weighted by Crippen LogP contribution is -2.06. The lowest BCUT2D eigenvalue weighted by atomic mass is 10.1. The Balaban J connectivity index is 1.70. The zero-order chi connectivity index (χ0) is 24.9. The number of anilines is 1. The molecule has 0 fully saturated rings. The van der Waals surface area contributed by atoms with Gasteiger partial charge in [0.25, 0.3) is 5.69 Å². The van der Waals surface area contributed by atoms with E-state index in [1.807, 2.05) is 0 Å². The standard InChI is InChI=1S/C21H16F3N3O7/c1-32-19-8-12(2-6-17(19)33-11-14-4-7-18(34-14)20(28)29)10-25-26-15-5-3-13(21(22,23)24)9-16(15)27(30)31/h2-10,26H,11H2,1H3,(H,28,29)/b25-10-. The number of carbonyl (C=O) groups is 1. The third kappa shape index (κ3) is 5.82.